The molecule has 0 aromatic carbocycles. The van der Waals surface area contributed by atoms with Crippen LogP contribution >= 0.6 is 7.82 Å². The van der Waals surface area contributed by atoms with Gasteiger partial charge in [0.2, 0.25) is 5.91 Å². The highest BCUT2D eigenvalue weighted by molar-refractivity contribution is 7.47. The summed E-state index contributed by atoms with van der Waals surface area (Å²) in [5.74, 6) is -0.239. The summed E-state index contributed by atoms with van der Waals surface area (Å²) in [6, 6.07) is -0.908. The summed E-state index contributed by atoms with van der Waals surface area (Å²) in [6.45, 7) is 4.63. The largest absolute Gasteiger partial charge is 0.472 e. The van der Waals surface area contributed by atoms with Crippen LogP contribution in [0.3, 0.4) is 0 Å². The number of nitrogens with one attached hydrogen (secondary N) is 1. The molecule has 0 aliphatic carbocycles. The molecular weight excluding hydrogens is 1030 g/mol. The number of hydrogen-bond acceptors (Lipinski definition) is 5. The smallest absolute Gasteiger partial charge is 0.387 e. The lowest BCUT2D eigenvalue weighted by Gasteiger charge is -2.25. The zero-order chi connectivity index (χ0) is 59.8. The summed E-state index contributed by atoms with van der Waals surface area (Å²) in [7, 11) is 1.49. The van der Waals surface area contributed by atoms with Crippen LogP contribution in [0.1, 0.15) is 245 Å². The van der Waals surface area contributed by atoms with Crippen molar-refractivity contribution >= 4 is 13.7 Å². The third-order valence-corrected chi connectivity index (χ3v) is 14.7. The fourth-order valence-electron chi connectivity index (χ4n) is 8.63. The molecule has 1 amide bonds. The number of unbranched alkanes of at least 4 members (excludes halogenated alkanes) is 21. The molecule has 9 heteroatoms. The molecule has 0 aromatic rings. The first kappa shape index (κ1) is 78.1. The number of carbonyl (C=O) groups is 1. The molecule has 0 bridgehead atoms. The van der Waals surface area contributed by atoms with Gasteiger partial charge in [0, 0.05) is 6.42 Å². The predicted octanol–water partition coefficient (Wildman–Crippen LogP) is 21.0. The lowest BCUT2D eigenvalue weighted by molar-refractivity contribution is -0.870. The second kappa shape index (κ2) is 61.7. The van der Waals surface area contributed by atoms with E-state index in [4.69, 9.17) is 9.05 Å². The fraction of sp³-hybridized carbons (Fsp3) is 0.630. The Bertz CT molecular complexity index is 1890. The van der Waals surface area contributed by atoms with E-state index in [2.05, 4.69) is 165 Å². The number of aliphatic hydroxyl groups is 1. The topological polar surface area (TPSA) is 105 Å². The summed E-state index contributed by atoms with van der Waals surface area (Å²) in [4.78, 5) is 23.4. The van der Waals surface area contributed by atoms with Crippen molar-refractivity contribution in [3.63, 3.8) is 0 Å². The van der Waals surface area contributed by atoms with E-state index in [1.165, 1.54) is 116 Å². The molecule has 3 unspecified atom stereocenters. The van der Waals surface area contributed by atoms with Crippen LogP contribution in [-0.2, 0) is 18.4 Å². The molecule has 0 aliphatic heterocycles. The summed E-state index contributed by atoms with van der Waals surface area (Å²) >= 11 is 0. The Morgan fingerprint density at radius 3 is 1.12 bits per heavy atom. The Morgan fingerprint density at radius 2 is 0.744 bits per heavy atom. The van der Waals surface area contributed by atoms with Crippen LogP contribution in [0, 0.1) is 0 Å². The standard InChI is InChI=1S/C73H123N2O6P/c1-6-8-10-12-14-16-18-20-22-24-26-28-30-32-34-35-36-37-38-39-41-43-45-47-49-51-53-55-57-59-61-63-65-67-73(77)74-71(70-81-82(78,79)80-69-68-75(3,4)5)72(76)66-64-62-60-58-56-54-52-50-48-46-44-42-40-33-31-29-27-25-23-21-19-17-15-13-11-9-7-2/h8,10,14,16,20,22,26,28,32,34,36-37,39,41,45,47-48,50-51,53,56-59,64,66,71-72,76H,6-7,9,11-13,15,17-19,21,23-25,27,29-31,33,35,38,40,42-44,46,49,52,54-55,60-63,65,67-70H2,1-5H3,(H-,74,77,78,79)/p+1/b10-8-,16-14-,22-20-,28-26-,34-32-,37-36-,41-39-,47-45-,50-48+,53-51-,58-56+,59-57-,66-64+. The van der Waals surface area contributed by atoms with E-state index in [9.17, 15) is 19.4 Å². The minimum atomic E-state index is -4.39. The van der Waals surface area contributed by atoms with Gasteiger partial charge in [0.1, 0.15) is 13.2 Å². The van der Waals surface area contributed by atoms with E-state index in [1.807, 2.05) is 27.2 Å². The Kier molecular flexibility index (Phi) is 58.8. The van der Waals surface area contributed by atoms with Crippen LogP contribution < -0.4 is 5.32 Å². The number of rotatable bonds is 58. The first-order chi connectivity index (χ1) is 40.0. The molecule has 466 valence electrons. The van der Waals surface area contributed by atoms with Crippen molar-refractivity contribution in [3.8, 4) is 0 Å². The van der Waals surface area contributed by atoms with Gasteiger partial charge in [-0.05, 0) is 122 Å². The number of likely N-dealkylation sites (N-methyl/N-ethyl adjacent to an activating group) is 1. The van der Waals surface area contributed by atoms with Crippen LogP contribution in [0.5, 0.6) is 0 Å². The summed E-state index contributed by atoms with van der Waals surface area (Å²) in [6.07, 6.45) is 96.7. The number of quaternary nitrogens is 1. The Hall–Kier alpha value is -3.88. The van der Waals surface area contributed by atoms with Crippen molar-refractivity contribution in [2.45, 2.75) is 257 Å². The summed E-state index contributed by atoms with van der Waals surface area (Å²) < 4.78 is 23.7. The number of allylic oxidation sites excluding steroid dienone is 25. The lowest BCUT2D eigenvalue weighted by atomic mass is 10.0. The molecule has 0 saturated carbocycles. The molecule has 0 spiro atoms. The van der Waals surface area contributed by atoms with Crippen LogP contribution in [0.2, 0.25) is 0 Å². The molecule has 0 saturated heterocycles. The van der Waals surface area contributed by atoms with Crippen molar-refractivity contribution in [1.29, 1.82) is 0 Å². The number of phosphoric acid groups is 1. The highest BCUT2D eigenvalue weighted by Gasteiger charge is 2.27. The highest BCUT2D eigenvalue weighted by atomic mass is 31.2. The third-order valence-electron chi connectivity index (χ3n) is 13.7. The molecule has 0 aromatic heterocycles. The lowest BCUT2D eigenvalue weighted by Crippen LogP contribution is -2.45. The van der Waals surface area contributed by atoms with Gasteiger partial charge in [-0.25, -0.2) is 4.57 Å². The first-order valence-electron chi connectivity index (χ1n) is 32.9. The van der Waals surface area contributed by atoms with Crippen LogP contribution in [0.4, 0.5) is 0 Å². The molecule has 0 fully saturated rings. The van der Waals surface area contributed by atoms with Crippen molar-refractivity contribution in [1.82, 2.24) is 5.32 Å². The Morgan fingerprint density at radius 1 is 0.427 bits per heavy atom. The average molecular weight is 1160 g/mol. The third kappa shape index (κ3) is 63.7. The van der Waals surface area contributed by atoms with Gasteiger partial charge in [-0.15, -0.1) is 0 Å². The second-order valence-electron chi connectivity index (χ2n) is 22.7. The number of aliphatic hydroxyl groups excluding tert-OH is 1. The maximum Gasteiger partial charge on any atom is 0.472 e. The minimum Gasteiger partial charge on any atom is -0.387 e. The molecule has 8 nitrogen and oxygen atoms in total. The molecule has 0 heterocycles. The fourth-order valence-corrected chi connectivity index (χ4v) is 9.37. The average Bonchev–Trinajstić information content (AvgIpc) is 3.47. The van der Waals surface area contributed by atoms with Gasteiger partial charge in [-0.3, -0.25) is 13.8 Å². The monoisotopic (exact) mass is 1160 g/mol. The zero-order valence-electron chi connectivity index (χ0n) is 53.2. The maximum atomic E-state index is 13.0. The number of carbonyl (C=O) groups excluding carboxylic acids is 1. The van der Waals surface area contributed by atoms with Crippen molar-refractivity contribution in [3.05, 3.63) is 158 Å². The van der Waals surface area contributed by atoms with E-state index in [1.54, 1.807) is 6.08 Å². The molecule has 3 atom stereocenters. The van der Waals surface area contributed by atoms with Gasteiger partial charge in [0.15, 0.2) is 0 Å². The Labute approximate surface area is 505 Å². The SMILES string of the molecule is CC/C=C\C/C=C\C/C=C\C/C=C\C/C=C\C/C=C\C/C=C\C/C=C\C/C=C\C/C=C\CCCCC(=O)NC(COP(=O)(O)OCC[N+](C)(C)C)C(O)/C=C/CC/C=C/CC/C=C/CCCCCCCCCCCCCCCCCCC. The molecule has 82 heavy (non-hydrogen) atoms. The van der Waals surface area contributed by atoms with E-state index >= 15 is 0 Å². The molecule has 0 rings (SSSR count). The van der Waals surface area contributed by atoms with Crippen molar-refractivity contribution in [2.75, 3.05) is 40.9 Å². The normalized spacial score (nSPS) is 14.8. The molecule has 3 N–H and O–H groups in total. The van der Waals surface area contributed by atoms with Gasteiger partial charge in [0.25, 0.3) is 0 Å². The van der Waals surface area contributed by atoms with Gasteiger partial charge >= 0.3 is 7.82 Å². The van der Waals surface area contributed by atoms with Gasteiger partial charge in [0.05, 0.1) is 39.9 Å². The number of hydrogen-bond donors (Lipinski definition) is 3. The number of phosphoric ester groups is 1. The van der Waals surface area contributed by atoms with Crippen molar-refractivity contribution in [2.24, 2.45) is 0 Å². The predicted molar refractivity (Wildman–Crippen MR) is 359 cm³/mol. The number of amides is 1. The molecule has 0 radical (unpaired) electrons. The van der Waals surface area contributed by atoms with Gasteiger partial charge in [-0.1, -0.05) is 275 Å². The highest BCUT2D eigenvalue weighted by Crippen LogP contribution is 2.43. The van der Waals surface area contributed by atoms with Crippen LogP contribution in [0.25, 0.3) is 0 Å². The Balaban J connectivity index is 4.35. The van der Waals surface area contributed by atoms with Crippen LogP contribution in [-0.4, -0.2) is 73.4 Å². The second-order valence-corrected chi connectivity index (χ2v) is 24.2. The van der Waals surface area contributed by atoms with E-state index in [-0.39, 0.29) is 25.5 Å². The number of nitrogens with zero attached hydrogens (tertiary/aromatic N) is 1. The first-order valence-corrected chi connectivity index (χ1v) is 34.4. The molecule has 0 aliphatic rings. The zero-order valence-corrected chi connectivity index (χ0v) is 54.1. The molecular formula is C73H124N2O6P+. The van der Waals surface area contributed by atoms with Gasteiger partial charge in [-0.2, -0.15) is 0 Å². The van der Waals surface area contributed by atoms with Crippen LogP contribution in [0.15, 0.2) is 158 Å². The van der Waals surface area contributed by atoms with E-state index in [0.717, 1.165) is 103 Å². The van der Waals surface area contributed by atoms with E-state index < -0.39 is 20.0 Å². The minimum absolute atomic E-state index is 0.0357. The maximum absolute atomic E-state index is 13.0. The van der Waals surface area contributed by atoms with E-state index in [0.29, 0.717) is 17.4 Å². The summed E-state index contributed by atoms with van der Waals surface area (Å²) in [5.41, 5.74) is 0. The van der Waals surface area contributed by atoms with Gasteiger partial charge < -0.3 is 19.8 Å². The quantitative estimate of drug-likeness (QED) is 0.0243. The summed E-state index contributed by atoms with van der Waals surface area (Å²) in [5, 5.41) is 13.9. The van der Waals surface area contributed by atoms with Crippen molar-refractivity contribution < 1.29 is 32.9 Å².